The molecule has 20 heavy (non-hydrogen) atoms. The van der Waals surface area contributed by atoms with Gasteiger partial charge in [0.15, 0.2) is 0 Å². The molecule has 1 saturated heterocycles. The highest BCUT2D eigenvalue weighted by Gasteiger charge is 2.21. The lowest BCUT2D eigenvalue weighted by Crippen LogP contribution is -2.28. The summed E-state index contributed by atoms with van der Waals surface area (Å²) in [6.45, 7) is 1.32. The van der Waals surface area contributed by atoms with Gasteiger partial charge in [0.2, 0.25) is 5.91 Å². The lowest BCUT2D eigenvalue weighted by Gasteiger charge is -2.20. The van der Waals surface area contributed by atoms with Gasteiger partial charge in [-0.25, -0.2) is 4.98 Å². The number of amides is 1. The zero-order valence-corrected chi connectivity index (χ0v) is 11.3. The van der Waals surface area contributed by atoms with Crippen LogP contribution in [0.3, 0.4) is 0 Å². The van der Waals surface area contributed by atoms with Crippen LogP contribution in [0.4, 0.5) is 5.82 Å². The number of hydrogen-bond donors (Lipinski definition) is 2. The van der Waals surface area contributed by atoms with Crippen molar-refractivity contribution in [1.82, 2.24) is 4.98 Å². The van der Waals surface area contributed by atoms with Gasteiger partial charge in [0.25, 0.3) is 0 Å². The monoisotopic (exact) mass is 274 g/mol. The summed E-state index contributed by atoms with van der Waals surface area (Å²) in [5, 5.41) is 11.5. The van der Waals surface area contributed by atoms with Gasteiger partial charge in [-0.1, -0.05) is 11.8 Å². The summed E-state index contributed by atoms with van der Waals surface area (Å²) in [5.74, 6) is 6.25. The maximum Gasteiger partial charge on any atom is 0.228 e. The fraction of sp³-hybridized carbons (Fsp3) is 0.467. The zero-order chi connectivity index (χ0) is 14.2. The van der Waals surface area contributed by atoms with Crippen LogP contribution in [0.5, 0.6) is 0 Å². The summed E-state index contributed by atoms with van der Waals surface area (Å²) in [4.78, 5) is 16.2. The molecular weight excluding hydrogens is 256 g/mol. The topological polar surface area (TPSA) is 71.5 Å². The highest BCUT2D eigenvalue weighted by molar-refractivity contribution is 5.91. The van der Waals surface area contributed by atoms with Gasteiger partial charge in [-0.15, -0.1) is 0 Å². The lowest BCUT2D eigenvalue weighted by atomic mass is 9.99. The second kappa shape index (κ2) is 7.63. The van der Waals surface area contributed by atoms with E-state index in [1.807, 2.05) is 0 Å². The van der Waals surface area contributed by atoms with Crippen molar-refractivity contribution >= 4 is 11.7 Å². The van der Waals surface area contributed by atoms with Crippen LogP contribution in [0.2, 0.25) is 0 Å². The summed E-state index contributed by atoms with van der Waals surface area (Å²) in [7, 11) is 0. The van der Waals surface area contributed by atoms with E-state index in [0.29, 0.717) is 25.5 Å². The fourth-order valence-electron chi connectivity index (χ4n) is 1.99. The van der Waals surface area contributed by atoms with Crippen LogP contribution in [0.25, 0.3) is 0 Å². The predicted molar refractivity (Wildman–Crippen MR) is 75.0 cm³/mol. The molecule has 1 aromatic rings. The van der Waals surface area contributed by atoms with Gasteiger partial charge in [-0.2, -0.15) is 0 Å². The fourth-order valence-corrected chi connectivity index (χ4v) is 1.99. The van der Waals surface area contributed by atoms with E-state index in [1.165, 1.54) is 0 Å². The first-order chi connectivity index (χ1) is 9.79. The molecule has 1 aliphatic rings. The van der Waals surface area contributed by atoms with Crippen molar-refractivity contribution in [3.8, 4) is 11.8 Å². The van der Waals surface area contributed by atoms with E-state index < -0.39 is 0 Å². The van der Waals surface area contributed by atoms with Crippen LogP contribution in [0, 0.1) is 17.8 Å². The Morgan fingerprint density at radius 2 is 2.30 bits per heavy atom. The second-order valence-corrected chi connectivity index (χ2v) is 4.58. The number of aliphatic hydroxyl groups is 1. The Bertz CT molecular complexity index is 513. The third kappa shape index (κ3) is 4.34. The Morgan fingerprint density at radius 1 is 1.50 bits per heavy atom. The molecule has 106 valence electrons. The molecule has 0 atom stereocenters. The Morgan fingerprint density at radius 3 is 3.05 bits per heavy atom. The molecule has 1 amide bonds. The first-order valence-electron chi connectivity index (χ1n) is 6.74. The molecule has 5 nitrogen and oxygen atoms in total. The first-order valence-corrected chi connectivity index (χ1v) is 6.74. The molecule has 1 aliphatic heterocycles. The van der Waals surface area contributed by atoms with Crippen LogP contribution in [-0.4, -0.2) is 35.8 Å². The molecule has 2 rings (SSSR count). The summed E-state index contributed by atoms with van der Waals surface area (Å²) in [6.07, 6.45) is 3.55. The largest absolute Gasteiger partial charge is 0.395 e. The van der Waals surface area contributed by atoms with Crippen molar-refractivity contribution in [2.45, 2.75) is 19.3 Å². The van der Waals surface area contributed by atoms with E-state index in [1.54, 1.807) is 18.3 Å². The molecule has 0 unspecified atom stereocenters. The van der Waals surface area contributed by atoms with Gasteiger partial charge in [0.1, 0.15) is 5.82 Å². The van der Waals surface area contributed by atoms with Crippen molar-refractivity contribution in [2.75, 3.05) is 25.1 Å². The minimum absolute atomic E-state index is 0.00493. The van der Waals surface area contributed by atoms with Crippen LogP contribution in [-0.2, 0) is 9.53 Å². The molecule has 0 spiro atoms. The third-order valence-corrected chi connectivity index (χ3v) is 3.07. The third-order valence-electron chi connectivity index (χ3n) is 3.07. The van der Waals surface area contributed by atoms with Gasteiger partial charge in [-0.05, 0) is 25.0 Å². The van der Waals surface area contributed by atoms with Gasteiger partial charge >= 0.3 is 0 Å². The number of hydrogen-bond acceptors (Lipinski definition) is 4. The Balaban J connectivity index is 1.97. The lowest BCUT2D eigenvalue weighted by molar-refractivity contribution is -0.122. The average molecular weight is 274 g/mol. The summed E-state index contributed by atoms with van der Waals surface area (Å²) < 4.78 is 5.24. The Kier molecular flexibility index (Phi) is 5.54. The van der Waals surface area contributed by atoms with Gasteiger partial charge < -0.3 is 15.2 Å². The normalized spacial score (nSPS) is 15.2. The molecule has 0 saturated carbocycles. The molecule has 1 aromatic heterocycles. The maximum absolute atomic E-state index is 12.1. The van der Waals surface area contributed by atoms with Crippen molar-refractivity contribution in [1.29, 1.82) is 0 Å². The molecule has 5 heteroatoms. The van der Waals surface area contributed by atoms with Gasteiger partial charge in [-0.3, -0.25) is 4.79 Å². The first kappa shape index (κ1) is 14.5. The van der Waals surface area contributed by atoms with E-state index in [9.17, 15) is 4.79 Å². The van der Waals surface area contributed by atoms with Crippen LogP contribution >= 0.6 is 0 Å². The molecule has 0 bridgehead atoms. The van der Waals surface area contributed by atoms with Crippen LogP contribution < -0.4 is 5.32 Å². The average Bonchev–Trinajstić information content (AvgIpc) is 2.49. The Hall–Kier alpha value is -1.90. The van der Waals surface area contributed by atoms with E-state index >= 15 is 0 Å². The zero-order valence-electron chi connectivity index (χ0n) is 11.3. The standard InChI is InChI=1S/C15H18N2O3/c18-8-2-1-3-12-4-7-16-14(11-12)17-15(19)13-5-9-20-10-6-13/h4,7,11,13,18H,2,5-6,8-10H2,(H,16,17,19). The summed E-state index contributed by atoms with van der Waals surface area (Å²) >= 11 is 0. The number of nitrogens with zero attached hydrogens (tertiary/aromatic N) is 1. The SMILES string of the molecule is O=C(Nc1cc(C#CCCO)ccn1)C1CCOCC1. The number of carbonyl (C=O) groups excluding carboxylic acids is 1. The van der Waals surface area contributed by atoms with E-state index in [4.69, 9.17) is 9.84 Å². The summed E-state index contributed by atoms with van der Waals surface area (Å²) in [5.41, 5.74) is 0.774. The number of aliphatic hydroxyl groups excluding tert-OH is 1. The molecule has 0 radical (unpaired) electrons. The molecule has 1 fully saturated rings. The molecule has 0 aliphatic carbocycles. The molecular formula is C15H18N2O3. The minimum Gasteiger partial charge on any atom is -0.395 e. The van der Waals surface area contributed by atoms with Crippen molar-refractivity contribution in [3.63, 3.8) is 0 Å². The highest BCUT2D eigenvalue weighted by atomic mass is 16.5. The van der Waals surface area contributed by atoms with Gasteiger partial charge in [0.05, 0.1) is 6.61 Å². The smallest absolute Gasteiger partial charge is 0.228 e. The number of ether oxygens (including phenoxy) is 1. The van der Waals surface area contributed by atoms with Crippen molar-refractivity contribution in [3.05, 3.63) is 23.9 Å². The van der Waals surface area contributed by atoms with Crippen LogP contribution in [0.15, 0.2) is 18.3 Å². The number of pyridine rings is 1. The number of nitrogens with one attached hydrogen (secondary N) is 1. The van der Waals surface area contributed by atoms with E-state index in [0.717, 1.165) is 18.4 Å². The molecule has 2 N–H and O–H groups in total. The molecule has 2 heterocycles. The quantitative estimate of drug-likeness (QED) is 0.812. The van der Waals surface area contributed by atoms with Crippen LogP contribution in [0.1, 0.15) is 24.8 Å². The van der Waals surface area contributed by atoms with Gasteiger partial charge in [0, 0.05) is 37.3 Å². The van der Waals surface area contributed by atoms with Crippen molar-refractivity contribution < 1.29 is 14.6 Å². The van der Waals surface area contributed by atoms with E-state index in [-0.39, 0.29) is 18.4 Å². The number of anilines is 1. The number of aromatic nitrogens is 1. The minimum atomic E-state index is -0.0127. The van der Waals surface area contributed by atoms with E-state index in [2.05, 4.69) is 22.1 Å². The highest BCUT2D eigenvalue weighted by Crippen LogP contribution is 2.17. The number of rotatable bonds is 3. The Labute approximate surface area is 118 Å². The molecule has 0 aromatic carbocycles. The second-order valence-electron chi connectivity index (χ2n) is 4.58. The predicted octanol–water partition coefficient (Wildman–Crippen LogP) is 1.18. The summed E-state index contributed by atoms with van der Waals surface area (Å²) in [6, 6.07) is 3.51. The maximum atomic E-state index is 12.1. The number of carbonyl (C=O) groups is 1. The van der Waals surface area contributed by atoms with Crippen molar-refractivity contribution in [2.24, 2.45) is 5.92 Å².